The van der Waals surface area contributed by atoms with Gasteiger partial charge in [-0.1, -0.05) is 49.7 Å². The predicted octanol–water partition coefficient (Wildman–Crippen LogP) is 5.21. The Kier molecular flexibility index (Phi) is 6.32. The molecule has 4 nitrogen and oxygen atoms in total. The van der Waals surface area contributed by atoms with Crippen molar-refractivity contribution in [1.82, 2.24) is 0 Å². The molecule has 2 rings (SSSR count). The molecule has 5 heteroatoms. The fourth-order valence-electron chi connectivity index (χ4n) is 2.49. The molecule has 0 aliphatic carbocycles. The van der Waals surface area contributed by atoms with Crippen molar-refractivity contribution in [3.05, 3.63) is 58.1 Å². The standard InChI is InChI=1S/C20H24ClNO3/c1-14-5-7-17(20(2,3)4)19(11-14)25-10-9-24-18-8-6-16(21)12-15(18)13-22-23/h5-8,11-13,23H,9-10H2,1-4H3. The van der Waals surface area contributed by atoms with E-state index in [4.69, 9.17) is 26.3 Å². The highest BCUT2D eigenvalue weighted by atomic mass is 35.5. The van der Waals surface area contributed by atoms with E-state index >= 15 is 0 Å². The topological polar surface area (TPSA) is 51.0 Å². The molecule has 0 bridgehead atoms. The summed E-state index contributed by atoms with van der Waals surface area (Å²) in [6, 6.07) is 11.4. The van der Waals surface area contributed by atoms with Crippen molar-refractivity contribution in [1.29, 1.82) is 0 Å². The van der Waals surface area contributed by atoms with E-state index < -0.39 is 0 Å². The molecule has 0 unspecified atom stereocenters. The van der Waals surface area contributed by atoms with Gasteiger partial charge in [0.05, 0.1) is 6.21 Å². The van der Waals surface area contributed by atoms with Gasteiger partial charge in [0, 0.05) is 10.6 Å². The van der Waals surface area contributed by atoms with Gasteiger partial charge >= 0.3 is 0 Å². The SMILES string of the molecule is Cc1ccc(C(C)(C)C)c(OCCOc2ccc(Cl)cc2C=NO)c1. The van der Waals surface area contributed by atoms with Gasteiger partial charge in [-0.05, 0) is 47.7 Å². The van der Waals surface area contributed by atoms with Gasteiger partial charge in [0.15, 0.2) is 0 Å². The van der Waals surface area contributed by atoms with Gasteiger partial charge < -0.3 is 14.7 Å². The van der Waals surface area contributed by atoms with Gasteiger partial charge in [-0.2, -0.15) is 0 Å². The number of ether oxygens (including phenoxy) is 2. The lowest BCUT2D eigenvalue weighted by Crippen LogP contribution is -2.16. The summed E-state index contributed by atoms with van der Waals surface area (Å²) in [5, 5.41) is 12.3. The van der Waals surface area contributed by atoms with Crippen molar-refractivity contribution in [2.75, 3.05) is 13.2 Å². The molecule has 0 fully saturated rings. The number of benzene rings is 2. The molecule has 25 heavy (non-hydrogen) atoms. The molecule has 0 saturated heterocycles. The zero-order valence-corrected chi connectivity index (χ0v) is 15.8. The largest absolute Gasteiger partial charge is 0.490 e. The molecule has 2 aromatic rings. The van der Waals surface area contributed by atoms with Crippen LogP contribution in [0.25, 0.3) is 0 Å². The summed E-state index contributed by atoms with van der Waals surface area (Å²) in [7, 11) is 0. The van der Waals surface area contributed by atoms with Gasteiger partial charge in [-0.3, -0.25) is 0 Å². The Morgan fingerprint density at radius 1 is 1.04 bits per heavy atom. The summed E-state index contributed by atoms with van der Waals surface area (Å²) >= 11 is 5.95. The minimum absolute atomic E-state index is 0.00479. The molecule has 0 aliphatic rings. The maximum Gasteiger partial charge on any atom is 0.128 e. The molecule has 1 N–H and O–H groups in total. The highest BCUT2D eigenvalue weighted by Crippen LogP contribution is 2.32. The van der Waals surface area contributed by atoms with Gasteiger partial charge in [-0.15, -0.1) is 0 Å². The lowest BCUT2D eigenvalue weighted by atomic mass is 9.86. The average molecular weight is 362 g/mol. The zero-order chi connectivity index (χ0) is 18.4. The van der Waals surface area contributed by atoms with Crippen LogP contribution in [0.1, 0.15) is 37.5 Å². The fraction of sp³-hybridized carbons (Fsp3) is 0.350. The van der Waals surface area contributed by atoms with Crippen LogP contribution >= 0.6 is 11.6 Å². The molecule has 0 heterocycles. The maximum absolute atomic E-state index is 8.73. The monoisotopic (exact) mass is 361 g/mol. The molecule has 0 saturated carbocycles. The first kappa shape index (κ1) is 19.1. The Bertz CT molecular complexity index is 751. The Morgan fingerprint density at radius 3 is 2.36 bits per heavy atom. The first-order valence-electron chi connectivity index (χ1n) is 8.15. The molecule has 0 aromatic heterocycles. The van der Waals surface area contributed by atoms with E-state index in [1.165, 1.54) is 6.21 Å². The third-order valence-corrected chi connectivity index (χ3v) is 3.95. The van der Waals surface area contributed by atoms with Gasteiger partial charge in [0.2, 0.25) is 0 Å². The van der Waals surface area contributed by atoms with Crippen LogP contribution in [0.2, 0.25) is 5.02 Å². The van der Waals surface area contributed by atoms with Crippen LogP contribution in [0.15, 0.2) is 41.6 Å². The fourth-order valence-corrected chi connectivity index (χ4v) is 2.67. The molecule has 0 amide bonds. The van der Waals surface area contributed by atoms with Crippen LogP contribution in [0.4, 0.5) is 0 Å². The molecule has 2 aromatic carbocycles. The molecule has 0 spiro atoms. The molecule has 0 radical (unpaired) electrons. The first-order chi connectivity index (χ1) is 11.8. The predicted molar refractivity (Wildman–Crippen MR) is 102 cm³/mol. The average Bonchev–Trinajstić information content (AvgIpc) is 2.52. The van der Waals surface area contributed by atoms with Crippen LogP contribution in [0.5, 0.6) is 11.5 Å². The first-order valence-corrected chi connectivity index (χ1v) is 8.53. The Morgan fingerprint density at radius 2 is 1.72 bits per heavy atom. The van der Waals surface area contributed by atoms with Crippen molar-refractivity contribution in [3.63, 3.8) is 0 Å². The van der Waals surface area contributed by atoms with Crippen molar-refractivity contribution < 1.29 is 14.7 Å². The number of hydrogen-bond acceptors (Lipinski definition) is 4. The summed E-state index contributed by atoms with van der Waals surface area (Å²) in [5.74, 6) is 1.47. The number of oxime groups is 1. The zero-order valence-electron chi connectivity index (χ0n) is 15.0. The van der Waals surface area contributed by atoms with Crippen LogP contribution in [0.3, 0.4) is 0 Å². The number of halogens is 1. The van der Waals surface area contributed by atoms with Crippen LogP contribution < -0.4 is 9.47 Å². The van der Waals surface area contributed by atoms with Crippen molar-refractivity contribution in [2.45, 2.75) is 33.1 Å². The Hall–Kier alpha value is -2.20. The normalized spacial score (nSPS) is 11.7. The minimum Gasteiger partial charge on any atom is -0.490 e. The summed E-state index contributed by atoms with van der Waals surface area (Å²) in [6.07, 6.45) is 1.29. The molecular formula is C20H24ClNO3. The van der Waals surface area contributed by atoms with Crippen molar-refractivity contribution in [2.24, 2.45) is 5.16 Å². The lowest BCUT2D eigenvalue weighted by Gasteiger charge is -2.23. The van der Waals surface area contributed by atoms with Gasteiger partial charge in [0.1, 0.15) is 24.7 Å². The van der Waals surface area contributed by atoms with Crippen LogP contribution in [0, 0.1) is 6.92 Å². The molecule has 0 atom stereocenters. The molecule has 134 valence electrons. The van der Waals surface area contributed by atoms with E-state index in [2.05, 4.69) is 38.1 Å². The van der Waals surface area contributed by atoms with E-state index in [0.29, 0.717) is 29.5 Å². The van der Waals surface area contributed by atoms with Crippen molar-refractivity contribution in [3.8, 4) is 11.5 Å². The van der Waals surface area contributed by atoms with E-state index in [0.717, 1.165) is 16.9 Å². The van der Waals surface area contributed by atoms with Crippen LogP contribution in [-0.2, 0) is 5.41 Å². The smallest absolute Gasteiger partial charge is 0.128 e. The number of rotatable bonds is 6. The van der Waals surface area contributed by atoms with Gasteiger partial charge in [-0.25, -0.2) is 0 Å². The Balaban J connectivity index is 2.02. The minimum atomic E-state index is 0.00479. The molecule has 0 aliphatic heterocycles. The third kappa shape index (κ3) is 5.40. The second kappa shape index (κ2) is 8.26. The van der Waals surface area contributed by atoms with E-state index in [1.807, 2.05) is 13.0 Å². The third-order valence-electron chi connectivity index (χ3n) is 3.71. The summed E-state index contributed by atoms with van der Waals surface area (Å²) in [5.41, 5.74) is 2.94. The molecular weight excluding hydrogens is 338 g/mol. The summed E-state index contributed by atoms with van der Waals surface area (Å²) in [6.45, 7) is 9.31. The van der Waals surface area contributed by atoms with E-state index in [9.17, 15) is 0 Å². The number of nitrogens with zero attached hydrogens (tertiary/aromatic N) is 1. The number of aryl methyl sites for hydroxylation is 1. The van der Waals surface area contributed by atoms with Crippen LogP contribution in [-0.4, -0.2) is 24.6 Å². The number of hydrogen-bond donors (Lipinski definition) is 1. The highest BCUT2D eigenvalue weighted by Gasteiger charge is 2.19. The van der Waals surface area contributed by atoms with E-state index in [1.54, 1.807) is 18.2 Å². The summed E-state index contributed by atoms with van der Waals surface area (Å²) < 4.78 is 11.7. The second-order valence-electron chi connectivity index (χ2n) is 6.87. The van der Waals surface area contributed by atoms with E-state index in [-0.39, 0.29) is 5.41 Å². The van der Waals surface area contributed by atoms with Gasteiger partial charge in [0.25, 0.3) is 0 Å². The quantitative estimate of drug-likeness (QED) is 0.332. The summed E-state index contributed by atoms with van der Waals surface area (Å²) in [4.78, 5) is 0. The maximum atomic E-state index is 8.73. The second-order valence-corrected chi connectivity index (χ2v) is 7.31. The lowest BCUT2D eigenvalue weighted by molar-refractivity contribution is 0.214. The van der Waals surface area contributed by atoms with Crippen molar-refractivity contribution >= 4 is 17.8 Å². The highest BCUT2D eigenvalue weighted by molar-refractivity contribution is 6.30. The Labute approximate surface area is 154 Å².